The lowest BCUT2D eigenvalue weighted by atomic mass is 9.97. The molecule has 8 heteroatoms. The maximum Gasteiger partial charge on any atom is 0.410 e. The lowest BCUT2D eigenvalue weighted by molar-refractivity contribution is 0.0177. The van der Waals surface area contributed by atoms with Crippen molar-refractivity contribution in [2.75, 3.05) is 18.8 Å². The number of nitrogens with zero attached hydrogens (tertiary/aromatic N) is 3. The summed E-state index contributed by atoms with van der Waals surface area (Å²) in [6, 6.07) is 3.20. The van der Waals surface area contributed by atoms with Crippen LogP contribution in [0.3, 0.4) is 0 Å². The first kappa shape index (κ1) is 20.5. The number of carbonyl (C=O) groups is 1. The molecule has 2 heterocycles. The number of nitrogens with two attached hydrogens (primary N) is 1. The molecule has 6 nitrogen and oxygen atoms in total. The van der Waals surface area contributed by atoms with Crippen molar-refractivity contribution in [1.29, 1.82) is 0 Å². The zero-order valence-corrected chi connectivity index (χ0v) is 17.2. The Morgan fingerprint density at radius 1 is 1.36 bits per heavy atom. The molecule has 1 fully saturated rings. The Balaban J connectivity index is 1.58. The standard InChI is InChI=1S/C20H26ClFN4O2/c1-20(2,3)28-19(27)25-8-6-13(7-9-25)11-26-12-14(10-24-26)15-4-5-16(23)18(22)17(15)21/h4-5,10,12-13H,6-9,11,23H2,1-3H3. The molecule has 2 N–H and O–H groups in total. The number of piperidine rings is 1. The molecule has 1 aliphatic rings. The van der Waals surface area contributed by atoms with Gasteiger partial charge >= 0.3 is 6.09 Å². The molecule has 0 aliphatic carbocycles. The van der Waals surface area contributed by atoms with Gasteiger partial charge in [-0.2, -0.15) is 5.10 Å². The zero-order chi connectivity index (χ0) is 20.5. The van der Waals surface area contributed by atoms with Gasteiger partial charge in [0.05, 0.1) is 16.9 Å². The fourth-order valence-corrected chi connectivity index (χ4v) is 3.56. The zero-order valence-electron chi connectivity index (χ0n) is 16.4. The van der Waals surface area contributed by atoms with E-state index in [0.717, 1.165) is 24.9 Å². The first-order valence-corrected chi connectivity index (χ1v) is 9.76. The van der Waals surface area contributed by atoms with Crippen molar-refractivity contribution >= 4 is 23.4 Å². The van der Waals surface area contributed by atoms with Gasteiger partial charge in [-0.3, -0.25) is 4.68 Å². The molecular weight excluding hydrogens is 383 g/mol. The lowest BCUT2D eigenvalue weighted by Gasteiger charge is -2.33. The number of ether oxygens (including phenoxy) is 1. The predicted molar refractivity (Wildman–Crippen MR) is 108 cm³/mol. The molecule has 0 radical (unpaired) electrons. The molecule has 152 valence electrons. The van der Waals surface area contributed by atoms with Gasteiger partial charge < -0.3 is 15.4 Å². The Kier molecular flexibility index (Phi) is 5.84. The first-order valence-electron chi connectivity index (χ1n) is 9.38. The van der Waals surface area contributed by atoms with E-state index in [4.69, 9.17) is 22.1 Å². The van der Waals surface area contributed by atoms with Crippen molar-refractivity contribution in [2.45, 2.75) is 45.8 Å². The third-order valence-electron chi connectivity index (χ3n) is 4.77. The molecule has 28 heavy (non-hydrogen) atoms. The number of aromatic nitrogens is 2. The summed E-state index contributed by atoms with van der Waals surface area (Å²) in [4.78, 5) is 13.9. The Morgan fingerprint density at radius 3 is 2.68 bits per heavy atom. The molecule has 0 bridgehead atoms. The van der Waals surface area contributed by atoms with Gasteiger partial charge in [-0.05, 0) is 45.6 Å². The first-order chi connectivity index (χ1) is 13.1. The average molecular weight is 409 g/mol. The van der Waals surface area contributed by atoms with Gasteiger partial charge in [0.1, 0.15) is 5.60 Å². The number of carbonyl (C=O) groups excluding carboxylic acids is 1. The Labute approximate surface area is 169 Å². The number of amides is 1. The predicted octanol–water partition coefficient (Wildman–Crippen LogP) is 4.57. The third kappa shape index (κ3) is 4.76. The van der Waals surface area contributed by atoms with Crippen molar-refractivity contribution in [3.8, 4) is 11.1 Å². The van der Waals surface area contributed by atoms with Crippen LogP contribution in [0.15, 0.2) is 24.5 Å². The van der Waals surface area contributed by atoms with Crippen LogP contribution in [0.1, 0.15) is 33.6 Å². The Bertz CT molecular complexity index is 854. The highest BCUT2D eigenvalue weighted by atomic mass is 35.5. The van der Waals surface area contributed by atoms with Crippen molar-refractivity contribution in [3.63, 3.8) is 0 Å². The van der Waals surface area contributed by atoms with E-state index >= 15 is 0 Å². The van der Waals surface area contributed by atoms with Crippen LogP contribution in [0.25, 0.3) is 11.1 Å². The van der Waals surface area contributed by atoms with Crippen LogP contribution < -0.4 is 5.73 Å². The van der Waals surface area contributed by atoms with Gasteiger partial charge in [-0.1, -0.05) is 17.7 Å². The number of anilines is 1. The normalized spacial score (nSPS) is 15.7. The van der Waals surface area contributed by atoms with E-state index in [1.54, 1.807) is 17.2 Å². The summed E-state index contributed by atoms with van der Waals surface area (Å²) in [5.41, 5.74) is 6.40. The van der Waals surface area contributed by atoms with Gasteiger partial charge in [0, 0.05) is 37.0 Å². The summed E-state index contributed by atoms with van der Waals surface area (Å²) >= 11 is 6.08. The third-order valence-corrected chi connectivity index (χ3v) is 5.14. The van der Waals surface area contributed by atoms with Crippen LogP contribution in [0.2, 0.25) is 5.02 Å². The van der Waals surface area contributed by atoms with Gasteiger partial charge in [0.25, 0.3) is 0 Å². The molecule has 1 aromatic heterocycles. The second-order valence-electron chi connectivity index (χ2n) is 8.19. The molecule has 2 aromatic rings. The van der Waals surface area contributed by atoms with Gasteiger partial charge in [0.2, 0.25) is 0 Å². The fraction of sp³-hybridized carbons (Fsp3) is 0.500. The van der Waals surface area contributed by atoms with Crippen LogP contribution >= 0.6 is 11.6 Å². The van der Waals surface area contributed by atoms with Crippen molar-refractivity contribution in [3.05, 3.63) is 35.4 Å². The molecule has 0 unspecified atom stereocenters. The Hall–Kier alpha value is -2.28. The van der Waals surface area contributed by atoms with Gasteiger partial charge in [-0.15, -0.1) is 0 Å². The van der Waals surface area contributed by atoms with E-state index in [0.29, 0.717) is 24.6 Å². The second kappa shape index (κ2) is 7.99. The minimum absolute atomic E-state index is 0.00483. The minimum atomic E-state index is -0.610. The van der Waals surface area contributed by atoms with Gasteiger partial charge in [0.15, 0.2) is 5.82 Å². The summed E-state index contributed by atoms with van der Waals surface area (Å²) in [5.74, 6) is -0.202. The number of hydrogen-bond acceptors (Lipinski definition) is 4. The minimum Gasteiger partial charge on any atom is -0.444 e. The van der Waals surface area contributed by atoms with E-state index in [-0.39, 0.29) is 16.8 Å². The number of hydrogen-bond donors (Lipinski definition) is 1. The van der Waals surface area contributed by atoms with Crippen LogP contribution in [-0.4, -0.2) is 39.5 Å². The molecular formula is C20H26ClFN4O2. The molecule has 1 saturated heterocycles. The summed E-state index contributed by atoms with van der Waals surface area (Å²) in [6.45, 7) is 7.67. The quantitative estimate of drug-likeness (QED) is 0.755. The summed E-state index contributed by atoms with van der Waals surface area (Å²) in [6.07, 6.45) is 5.04. The lowest BCUT2D eigenvalue weighted by Crippen LogP contribution is -2.42. The smallest absolute Gasteiger partial charge is 0.410 e. The van der Waals surface area contributed by atoms with Crippen molar-refractivity contribution in [2.24, 2.45) is 5.92 Å². The molecule has 3 rings (SSSR count). The maximum absolute atomic E-state index is 13.9. The van der Waals surface area contributed by atoms with E-state index in [1.165, 1.54) is 6.07 Å². The number of halogens is 2. The average Bonchev–Trinajstić information content (AvgIpc) is 3.07. The SMILES string of the molecule is CC(C)(C)OC(=O)N1CCC(Cn2cc(-c3ccc(N)c(F)c3Cl)cn2)CC1. The summed E-state index contributed by atoms with van der Waals surface area (Å²) in [7, 11) is 0. The summed E-state index contributed by atoms with van der Waals surface area (Å²) < 4.78 is 21.2. The van der Waals surface area contributed by atoms with Crippen molar-refractivity contribution in [1.82, 2.24) is 14.7 Å². The van der Waals surface area contributed by atoms with Gasteiger partial charge in [-0.25, -0.2) is 9.18 Å². The number of nitrogen functional groups attached to an aromatic ring is 1. The second-order valence-corrected chi connectivity index (χ2v) is 8.57. The van der Waals surface area contributed by atoms with E-state index in [1.807, 2.05) is 31.6 Å². The number of likely N-dealkylation sites (tertiary alicyclic amines) is 1. The molecule has 0 atom stereocenters. The van der Waals surface area contributed by atoms with Crippen LogP contribution in [0.4, 0.5) is 14.9 Å². The fourth-order valence-electron chi connectivity index (χ4n) is 3.28. The van der Waals surface area contributed by atoms with E-state index in [9.17, 15) is 9.18 Å². The molecule has 0 spiro atoms. The molecule has 1 aromatic carbocycles. The molecule has 1 amide bonds. The highest BCUT2D eigenvalue weighted by molar-refractivity contribution is 6.33. The highest BCUT2D eigenvalue weighted by Gasteiger charge is 2.27. The van der Waals surface area contributed by atoms with E-state index in [2.05, 4.69) is 5.10 Å². The topological polar surface area (TPSA) is 73.4 Å². The number of benzene rings is 1. The van der Waals surface area contributed by atoms with Crippen LogP contribution in [0.5, 0.6) is 0 Å². The monoisotopic (exact) mass is 408 g/mol. The number of rotatable bonds is 3. The maximum atomic E-state index is 13.9. The van der Waals surface area contributed by atoms with E-state index < -0.39 is 11.4 Å². The summed E-state index contributed by atoms with van der Waals surface area (Å²) in [5, 5.41) is 4.39. The largest absolute Gasteiger partial charge is 0.444 e. The van der Waals surface area contributed by atoms with Crippen molar-refractivity contribution < 1.29 is 13.9 Å². The molecule has 1 aliphatic heterocycles. The molecule has 0 saturated carbocycles. The Morgan fingerprint density at radius 2 is 2.04 bits per heavy atom. The van der Waals surface area contributed by atoms with Crippen LogP contribution in [-0.2, 0) is 11.3 Å². The highest BCUT2D eigenvalue weighted by Crippen LogP contribution is 2.32. The van der Waals surface area contributed by atoms with Crippen LogP contribution in [0, 0.1) is 11.7 Å².